The number of anilines is 1. The van der Waals surface area contributed by atoms with Gasteiger partial charge in [-0.2, -0.15) is 5.26 Å². The summed E-state index contributed by atoms with van der Waals surface area (Å²) in [4.78, 5) is 4.78. The van der Waals surface area contributed by atoms with Crippen molar-refractivity contribution in [3.8, 4) is 11.8 Å². The van der Waals surface area contributed by atoms with Crippen LogP contribution >= 0.6 is 0 Å². The van der Waals surface area contributed by atoms with Crippen LogP contribution in [0.15, 0.2) is 47.4 Å². The summed E-state index contributed by atoms with van der Waals surface area (Å²) in [5, 5.41) is 13.6. The molecule has 0 saturated heterocycles. The molecule has 2 N–H and O–H groups in total. The molecule has 0 spiro atoms. The molecule has 0 unspecified atom stereocenters. The second-order valence-electron chi connectivity index (χ2n) is 7.00. The first-order valence-electron chi connectivity index (χ1n) is 9.54. The van der Waals surface area contributed by atoms with Gasteiger partial charge in [-0.1, -0.05) is 6.07 Å². The molecule has 156 valence electrons. The van der Waals surface area contributed by atoms with Gasteiger partial charge in [0.05, 0.1) is 23.1 Å². The number of nitriles is 1. The third kappa shape index (κ3) is 4.87. The van der Waals surface area contributed by atoms with Crippen molar-refractivity contribution < 1.29 is 13.2 Å². The third-order valence-electron chi connectivity index (χ3n) is 4.71. The van der Waals surface area contributed by atoms with Crippen LogP contribution in [0.2, 0.25) is 0 Å². The predicted molar refractivity (Wildman–Crippen MR) is 117 cm³/mol. The van der Waals surface area contributed by atoms with Crippen molar-refractivity contribution >= 4 is 26.7 Å². The van der Waals surface area contributed by atoms with E-state index in [9.17, 15) is 13.7 Å². The smallest absolute Gasteiger partial charge is 0.240 e. The summed E-state index contributed by atoms with van der Waals surface area (Å²) in [5.74, 6) is 1.10. The lowest BCUT2D eigenvalue weighted by Gasteiger charge is -2.11. The first kappa shape index (κ1) is 21.6. The zero-order valence-electron chi connectivity index (χ0n) is 17.2. The van der Waals surface area contributed by atoms with Crippen LogP contribution < -0.4 is 14.8 Å². The van der Waals surface area contributed by atoms with E-state index in [1.807, 2.05) is 26.0 Å². The molecule has 3 rings (SSSR count). The highest BCUT2D eigenvalue weighted by molar-refractivity contribution is 7.89. The van der Waals surface area contributed by atoms with Crippen molar-refractivity contribution in [3.63, 3.8) is 0 Å². The molecular weight excluding hydrogens is 400 g/mol. The van der Waals surface area contributed by atoms with Crippen molar-refractivity contribution in [2.45, 2.75) is 25.2 Å². The quantitative estimate of drug-likeness (QED) is 0.536. The number of rotatable bonds is 8. The number of hydrogen-bond donors (Lipinski definition) is 2. The fourth-order valence-corrected chi connectivity index (χ4v) is 4.26. The van der Waals surface area contributed by atoms with Gasteiger partial charge < -0.3 is 10.1 Å². The van der Waals surface area contributed by atoms with E-state index in [0.29, 0.717) is 30.1 Å². The second-order valence-corrected chi connectivity index (χ2v) is 8.77. The number of sulfonamides is 1. The maximum Gasteiger partial charge on any atom is 0.240 e. The number of hydrogen-bond acceptors (Lipinski definition) is 6. The normalized spacial score (nSPS) is 11.3. The summed E-state index contributed by atoms with van der Waals surface area (Å²) in [6.45, 7) is 4.74. The van der Waals surface area contributed by atoms with Gasteiger partial charge in [-0.05, 0) is 67.8 Å². The third-order valence-corrected chi connectivity index (χ3v) is 6.19. The van der Waals surface area contributed by atoms with Gasteiger partial charge in [-0.3, -0.25) is 0 Å². The Morgan fingerprint density at radius 1 is 1.10 bits per heavy atom. The molecule has 7 nitrogen and oxygen atoms in total. The number of ether oxygens (including phenoxy) is 1. The van der Waals surface area contributed by atoms with Gasteiger partial charge in [0.1, 0.15) is 17.6 Å². The van der Waals surface area contributed by atoms with E-state index in [-0.39, 0.29) is 11.4 Å². The summed E-state index contributed by atoms with van der Waals surface area (Å²) in [6.07, 6.45) is 0.535. The van der Waals surface area contributed by atoms with Gasteiger partial charge in [0.2, 0.25) is 10.0 Å². The highest BCUT2D eigenvalue weighted by atomic mass is 32.2. The molecule has 0 bridgehead atoms. The number of nitrogens with zero attached hydrogens (tertiary/aromatic N) is 2. The average Bonchev–Trinajstić information content (AvgIpc) is 2.73. The molecular formula is C22H24N4O3S. The minimum Gasteiger partial charge on any atom is -0.497 e. The Kier molecular flexibility index (Phi) is 6.55. The second kappa shape index (κ2) is 9.11. The molecule has 0 fully saturated rings. The van der Waals surface area contributed by atoms with Gasteiger partial charge in [0.15, 0.2) is 0 Å². The number of benzene rings is 2. The molecule has 0 radical (unpaired) electrons. The molecule has 8 heteroatoms. The van der Waals surface area contributed by atoms with Crippen LogP contribution in [-0.2, 0) is 10.0 Å². The average molecular weight is 425 g/mol. The standard InChI is InChI=1S/C22H24N4O3S/c1-15-11-16(2)20-13-17(14-23)22(26-21(20)12-15)24-9-4-10-25-30(27,28)19-7-5-18(29-3)6-8-19/h5-8,11-13,25H,4,9-10H2,1-3H3,(H,24,26). The van der Waals surface area contributed by atoms with E-state index in [1.54, 1.807) is 12.1 Å². The Balaban J connectivity index is 1.61. The van der Waals surface area contributed by atoms with Gasteiger partial charge in [-0.25, -0.2) is 18.1 Å². The molecule has 0 aliphatic heterocycles. The number of methoxy groups -OCH3 is 1. The summed E-state index contributed by atoms with van der Waals surface area (Å²) in [6, 6.07) is 14.3. The fraction of sp³-hybridized carbons (Fsp3) is 0.273. The van der Waals surface area contributed by atoms with Crippen LogP contribution in [0.4, 0.5) is 5.82 Å². The van der Waals surface area contributed by atoms with E-state index >= 15 is 0 Å². The van der Waals surface area contributed by atoms with Crippen molar-refractivity contribution in [2.24, 2.45) is 0 Å². The largest absolute Gasteiger partial charge is 0.497 e. The maximum atomic E-state index is 12.3. The van der Waals surface area contributed by atoms with Gasteiger partial charge in [0, 0.05) is 18.5 Å². The van der Waals surface area contributed by atoms with Gasteiger partial charge in [-0.15, -0.1) is 0 Å². The predicted octanol–water partition coefficient (Wildman–Crippen LogP) is 3.51. The van der Waals surface area contributed by atoms with E-state index in [1.165, 1.54) is 19.2 Å². The summed E-state index contributed by atoms with van der Waals surface area (Å²) in [5.41, 5.74) is 3.48. The molecule has 0 atom stereocenters. The summed E-state index contributed by atoms with van der Waals surface area (Å²) in [7, 11) is -2.06. The fourth-order valence-electron chi connectivity index (χ4n) is 3.19. The molecule has 1 heterocycles. The van der Waals surface area contributed by atoms with E-state index in [0.717, 1.165) is 22.0 Å². The number of nitrogens with one attached hydrogen (secondary N) is 2. The monoisotopic (exact) mass is 424 g/mol. The molecule has 0 aliphatic carbocycles. The number of fused-ring (bicyclic) bond motifs is 1. The Morgan fingerprint density at radius 3 is 2.50 bits per heavy atom. The minimum atomic E-state index is -3.58. The zero-order chi connectivity index (χ0) is 21.7. The lowest BCUT2D eigenvalue weighted by molar-refractivity contribution is 0.414. The maximum absolute atomic E-state index is 12.3. The Bertz CT molecular complexity index is 1200. The van der Waals surface area contributed by atoms with E-state index in [4.69, 9.17) is 4.74 Å². The number of pyridine rings is 1. The van der Waals surface area contributed by atoms with Crippen LogP contribution in [0.5, 0.6) is 5.75 Å². The zero-order valence-corrected chi connectivity index (χ0v) is 18.0. The lowest BCUT2D eigenvalue weighted by atomic mass is 10.0. The van der Waals surface area contributed by atoms with Crippen molar-refractivity contribution in [3.05, 3.63) is 59.2 Å². The molecule has 30 heavy (non-hydrogen) atoms. The topological polar surface area (TPSA) is 104 Å². The highest BCUT2D eigenvalue weighted by Crippen LogP contribution is 2.24. The summed E-state index contributed by atoms with van der Waals surface area (Å²) < 4.78 is 32.3. The number of aromatic nitrogens is 1. The first-order chi connectivity index (χ1) is 14.3. The Morgan fingerprint density at radius 2 is 1.83 bits per heavy atom. The van der Waals surface area contributed by atoms with Crippen LogP contribution in [0.1, 0.15) is 23.1 Å². The van der Waals surface area contributed by atoms with Gasteiger partial charge in [0.25, 0.3) is 0 Å². The molecule has 1 aromatic heterocycles. The van der Waals surface area contributed by atoms with E-state index in [2.05, 4.69) is 27.2 Å². The Labute approximate surface area is 176 Å². The molecule has 0 amide bonds. The van der Waals surface area contributed by atoms with Crippen molar-refractivity contribution in [1.29, 1.82) is 5.26 Å². The van der Waals surface area contributed by atoms with Crippen LogP contribution in [-0.4, -0.2) is 33.6 Å². The molecule has 0 aliphatic rings. The first-order valence-corrected chi connectivity index (χ1v) is 11.0. The Hall–Kier alpha value is -3.15. The molecule has 3 aromatic rings. The van der Waals surface area contributed by atoms with Crippen LogP contribution in [0, 0.1) is 25.2 Å². The highest BCUT2D eigenvalue weighted by Gasteiger charge is 2.13. The minimum absolute atomic E-state index is 0.185. The van der Waals surface area contributed by atoms with E-state index < -0.39 is 10.0 Å². The number of aryl methyl sites for hydroxylation is 2. The van der Waals surface area contributed by atoms with Crippen LogP contribution in [0.25, 0.3) is 10.9 Å². The molecule has 2 aromatic carbocycles. The van der Waals surface area contributed by atoms with Gasteiger partial charge >= 0.3 is 0 Å². The SMILES string of the molecule is COc1ccc(S(=O)(=O)NCCCNc2nc3cc(C)cc(C)c3cc2C#N)cc1. The van der Waals surface area contributed by atoms with Crippen LogP contribution in [0.3, 0.4) is 0 Å². The lowest BCUT2D eigenvalue weighted by Crippen LogP contribution is -2.26. The van der Waals surface area contributed by atoms with Crippen molar-refractivity contribution in [1.82, 2.24) is 9.71 Å². The molecule has 0 saturated carbocycles. The summed E-state index contributed by atoms with van der Waals surface area (Å²) >= 11 is 0. The van der Waals surface area contributed by atoms with Crippen molar-refractivity contribution in [2.75, 3.05) is 25.5 Å².